The number of carbonyl (C=O) groups excluding carboxylic acids is 2. The normalized spacial score (nSPS) is 18.9. The zero-order chi connectivity index (χ0) is 14.3. The molecule has 0 saturated carbocycles. The van der Waals surface area contributed by atoms with E-state index in [1.165, 1.54) is 22.7 Å². The summed E-state index contributed by atoms with van der Waals surface area (Å²) < 4.78 is 2.32. The number of nitrogens with zero attached hydrogens (tertiary/aromatic N) is 4. The lowest BCUT2D eigenvalue weighted by Crippen LogP contribution is -2.44. The first-order valence-corrected chi connectivity index (χ1v) is 5.92. The van der Waals surface area contributed by atoms with Gasteiger partial charge in [0.15, 0.2) is 11.3 Å². The largest absolute Gasteiger partial charge is 0.351 e. The maximum atomic E-state index is 12.2. The van der Waals surface area contributed by atoms with Gasteiger partial charge in [0.25, 0.3) is 5.91 Å². The summed E-state index contributed by atoms with van der Waals surface area (Å²) in [4.78, 5) is 38.3. The topological polar surface area (TPSA) is 89.8 Å². The Labute approximate surface area is 112 Å². The predicted octanol–water partition coefficient (Wildman–Crippen LogP) is 0.0245. The third kappa shape index (κ3) is 1.76. The van der Waals surface area contributed by atoms with Crippen molar-refractivity contribution in [3.63, 3.8) is 0 Å². The van der Waals surface area contributed by atoms with Crippen LogP contribution in [0.1, 0.15) is 18.9 Å². The number of amides is 2. The number of hydrogen-bond donors (Lipinski definition) is 1. The van der Waals surface area contributed by atoms with Crippen molar-refractivity contribution in [3.8, 4) is 0 Å². The Bertz CT molecular complexity index is 826. The van der Waals surface area contributed by atoms with Crippen molar-refractivity contribution in [2.45, 2.75) is 18.9 Å². The van der Waals surface area contributed by atoms with Gasteiger partial charge in [0.05, 0.1) is 6.57 Å². The van der Waals surface area contributed by atoms with E-state index in [1.54, 1.807) is 0 Å². The molecule has 2 amide bonds. The van der Waals surface area contributed by atoms with Crippen LogP contribution in [0.4, 0.5) is 5.69 Å². The number of piperidine rings is 1. The summed E-state index contributed by atoms with van der Waals surface area (Å²) in [6, 6.07) is 2.17. The monoisotopic (exact) mass is 271 g/mol. The summed E-state index contributed by atoms with van der Waals surface area (Å²) in [7, 11) is 0. The van der Waals surface area contributed by atoms with Crippen LogP contribution in [-0.4, -0.2) is 26.0 Å². The molecule has 1 aliphatic heterocycles. The van der Waals surface area contributed by atoms with Crippen LogP contribution >= 0.6 is 0 Å². The van der Waals surface area contributed by atoms with E-state index in [1.807, 2.05) is 0 Å². The van der Waals surface area contributed by atoms with Crippen LogP contribution in [0.25, 0.3) is 10.5 Å². The number of hydrogen-bond acceptors (Lipinski definition) is 4. The second-order valence-corrected chi connectivity index (χ2v) is 4.42. The van der Waals surface area contributed by atoms with E-state index in [2.05, 4.69) is 15.3 Å². The van der Waals surface area contributed by atoms with Crippen LogP contribution in [0.5, 0.6) is 0 Å². The van der Waals surface area contributed by atoms with Crippen molar-refractivity contribution >= 4 is 23.1 Å². The maximum absolute atomic E-state index is 12.2. The van der Waals surface area contributed by atoms with Gasteiger partial charge < -0.3 is 0 Å². The minimum atomic E-state index is -0.795. The van der Waals surface area contributed by atoms with Crippen LogP contribution in [0.15, 0.2) is 23.1 Å². The van der Waals surface area contributed by atoms with Crippen molar-refractivity contribution in [1.82, 2.24) is 19.5 Å². The molecular weight excluding hydrogens is 262 g/mol. The number of rotatable bonds is 1. The second kappa shape index (κ2) is 4.31. The summed E-state index contributed by atoms with van der Waals surface area (Å²) >= 11 is 0. The van der Waals surface area contributed by atoms with E-state index in [0.717, 1.165) is 4.68 Å². The smallest absolute Gasteiger partial charge is 0.295 e. The molecule has 100 valence electrons. The average molecular weight is 271 g/mol. The molecule has 0 spiro atoms. The first kappa shape index (κ1) is 12.1. The van der Waals surface area contributed by atoms with E-state index in [4.69, 9.17) is 6.57 Å². The van der Waals surface area contributed by atoms with Gasteiger partial charge in [0.1, 0.15) is 6.04 Å². The standard InChI is InChI=1S/C12H9N5O3/c1-13-7-4-5-16-9(6-7)15-17(12(16)20)8-2-3-10(18)14-11(8)19/h4-6,8H,2-3H2,(H,14,18,19). The van der Waals surface area contributed by atoms with Gasteiger partial charge >= 0.3 is 5.69 Å². The van der Waals surface area contributed by atoms with Crippen LogP contribution in [0, 0.1) is 6.57 Å². The third-order valence-electron chi connectivity index (χ3n) is 3.16. The molecule has 20 heavy (non-hydrogen) atoms. The second-order valence-electron chi connectivity index (χ2n) is 4.42. The van der Waals surface area contributed by atoms with Gasteiger partial charge in [-0.15, -0.1) is 0 Å². The molecule has 2 aromatic heterocycles. The van der Waals surface area contributed by atoms with E-state index in [0.29, 0.717) is 11.3 Å². The molecule has 8 heteroatoms. The van der Waals surface area contributed by atoms with Crippen molar-refractivity contribution in [3.05, 3.63) is 40.2 Å². The minimum absolute atomic E-state index is 0.171. The fourth-order valence-electron chi connectivity index (χ4n) is 2.17. The number of fused-ring (bicyclic) bond motifs is 1. The van der Waals surface area contributed by atoms with Gasteiger partial charge in [0.2, 0.25) is 5.91 Å². The zero-order valence-corrected chi connectivity index (χ0v) is 10.2. The highest BCUT2D eigenvalue weighted by Crippen LogP contribution is 2.17. The number of aromatic nitrogens is 3. The lowest BCUT2D eigenvalue weighted by Gasteiger charge is -2.19. The van der Waals surface area contributed by atoms with Gasteiger partial charge in [-0.2, -0.15) is 9.78 Å². The Morgan fingerprint density at radius 1 is 1.40 bits per heavy atom. The van der Waals surface area contributed by atoms with E-state index < -0.39 is 17.6 Å². The molecular formula is C12H9N5O3. The molecule has 1 unspecified atom stereocenters. The highest BCUT2D eigenvalue weighted by molar-refractivity contribution is 5.99. The molecule has 0 aromatic carbocycles. The molecule has 1 saturated heterocycles. The molecule has 0 bridgehead atoms. The number of pyridine rings is 1. The minimum Gasteiger partial charge on any atom is -0.295 e. The van der Waals surface area contributed by atoms with Crippen LogP contribution in [0.2, 0.25) is 0 Å². The molecule has 1 atom stereocenters. The highest BCUT2D eigenvalue weighted by atomic mass is 16.2. The number of nitrogens with one attached hydrogen (secondary N) is 1. The molecule has 0 radical (unpaired) electrons. The third-order valence-corrected chi connectivity index (χ3v) is 3.16. The fraction of sp³-hybridized carbons (Fsp3) is 0.250. The Balaban J connectivity index is 2.11. The molecule has 2 aromatic rings. The molecule has 1 fully saturated rings. The summed E-state index contributed by atoms with van der Waals surface area (Å²) in [5.74, 6) is -0.879. The Hall–Kier alpha value is -2.95. The summed E-state index contributed by atoms with van der Waals surface area (Å²) in [6.45, 7) is 6.93. The van der Waals surface area contributed by atoms with Gasteiger partial charge in [-0.25, -0.2) is 9.64 Å². The van der Waals surface area contributed by atoms with E-state index >= 15 is 0 Å². The predicted molar refractivity (Wildman–Crippen MR) is 67.1 cm³/mol. The number of carbonyl (C=O) groups is 2. The van der Waals surface area contributed by atoms with E-state index in [9.17, 15) is 14.4 Å². The lowest BCUT2D eigenvalue weighted by atomic mass is 10.1. The summed E-state index contributed by atoms with van der Waals surface area (Å²) in [5.41, 5.74) is 0.192. The number of imide groups is 1. The first-order chi connectivity index (χ1) is 9.60. The average Bonchev–Trinajstić information content (AvgIpc) is 2.75. The summed E-state index contributed by atoms with van der Waals surface area (Å²) in [6.07, 6.45) is 1.86. The van der Waals surface area contributed by atoms with Gasteiger partial charge in [0, 0.05) is 12.6 Å². The SMILES string of the molecule is [C-]#[N+]c1ccn2c(=O)n(C3CCC(=O)NC3=O)nc2c1. The highest BCUT2D eigenvalue weighted by Gasteiger charge is 2.30. The molecule has 1 N–H and O–H groups in total. The maximum Gasteiger partial charge on any atom is 0.351 e. The van der Waals surface area contributed by atoms with Crippen molar-refractivity contribution in [1.29, 1.82) is 0 Å². The molecule has 0 aliphatic carbocycles. The van der Waals surface area contributed by atoms with Crippen molar-refractivity contribution in [2.75, 3.05) is 0 Å². The van der Waals surface area contributed by atoms with Crippen molar-refractivity contribution in [2.24, 2.45) is 0 Å². The lowest BCUT2D eigenvalue weighted by molar-refractivity contribution is -0.136. The van der Waals surface area contributed by atoms with Crippen LogP contribution < -0.4 is 11.0 Å². The van der Waals surface area contributed by atoms with Crippen LogP contribution in [-0.2, 0) is 9.59 Å². The van der Waals surface area contributed by atoms with Gasteiger partial charge in [-0.1, -0.05) is 0 Å². The van der Waals surface area contributed by atoms with Gasteiger partial charge in [-0.3, -0.25) is 19.3 Å². The summed E-state index contributed by atoms with van der Waals surface area (Å²) in [5, 5.41) is 6.26. The Morgan fingerprint density at radius 2 is 2.20 bits per heavy atom. The molecule has 3 rings (SSSR count). The van der Waals surface area contributed by atoms with Crippen molar-refractivity contribution < 1.29 is 9.59 Å². The first-order valence-electron chi connectivity index (χ1n) is 5.92. The Morgan fingerprint density at radius 3 is 2.90 bits per heavy atom. The molecule has 3 heterocycles. The Kier molecular flexibility index (Phi) is 2.61. The van der Waals surface area contributed by atoms with E-state index in [-0.39, 0.29) is 18.7 Å². The van der Waals surface area contributed by atoms with Gasteiger partial charge in [-0.05, 0) is 18.6 Å². The quantitative estimate of drug-likeness (QED) is 0.585. The molecule has 1 aliphatic rings. The fourth-order valence-corrected chi connectivity index (χ4v) is 2.17. The zero-order valence-electron chi connectivity index (χ0n) is 10.2. The molecule has 8 nitrogen and oxygen atoms in total. The van der Waals surface area contributed by atoms with Crippen LogP contribution in [0.3, 0.4) is 0 Å².